The zero-order valence-electron chi connectivity index (χ0n) is 15.4. The van der Waals surface area contributed by atoms with Crippen molar-refractivity contribution in [3.05, 3.63) is 46.2 Å². The Morgan fingerprint density at radius 3 is 2.44 bits per heavy atom. The number of esters is 1. The summed E-state index contributed by atoms with van der Waals surface area (Å²) in [7, 11) is -3.62. The second-order valence-electron chi connectivity index (χ2n) is 5.65. The molecule has 146 valence electrons. The summed E-state index contributed by atoms with van der Waals surface area (Å²) in [6.45, 7) is 5.64. The number of carbonyl (C=O) groups excluding carboxylic acids is 2. The van der Waals surface area contributed by atoms with Crippen LogP contribution in [-0.2, 0) is 19.6 Å². The van der Waals surface area contributed by atoms with Crippen LogP contribution in [0.2, 0.25) is 0 Å². The normalized spacial score (nSPS) is 11.4. The summed E-state index contributed by atoms with van der Waals surface area (Å²) in [5.41, 5.74) is 0.316. The Bertz CT molecular complexity index is 917. The Labute approximate surface area is 163 Å². The number of hydrogen-bond acceptors (Lipinski definition) is 6. The molecule has 0 bridgehead atoms. The lowest BCUT2D eigenvalue weighted by Gasteiger charge is -2.18. The molecule has 1 N–H and O–H groups in total. The molecule has 0 radical (unpaired) electrons. The van der Waals surface area contributed by atoms with Crippen LogP contribution in [0.3, 0.4) is 0 Å². The number of hydrogen-bond donors (Lipinski definition) is 1. The number of ether oxygens (including phenoxy) is 1. The summed E-state index contributed by atoms with van der Waals surface area (Å²) in [5.74, 6) is -1.12. The number of anilines is 1. The van der Waals surface area contributed by atoms with Gasteiger partial charge in [0.25, 0.3) is 5.91 Å². The number of benzene rings is 1. The zero-order valence-corrected chi connectivity index (χ0v) is 17.0. The number of sulfonamides is 1. The molecule has 0 unspecified atom stereocenters. The molecule has 2 aromatic rings. The van der Waals surface area contributed by atoms with Crippen molar-refractivity contribution in [2.45, 2.75) is 25.7 Å². The summed E-state index contributed by atoms with van der Waals surface area (Å²) >= 11 is 1.29. The van der Waals surface area contributed by atoms with E-state index < -0.39 is 28.5 Å². The molecule has 9 heteroatoms. The molecule has 0 saturated heterocycles. The number of amides is 1. The maximum Gasteiger partial charge on any atom is 0.348 e. The van der Waals surface area contributed by atoms with Crippen LogP contribution in [0.1, 0.15) is 28.4 Å². The molecule has 27 heavy (non-hydrogen) atoms. The predicted octanol–water partition coefficient (Wildman–Crippen LogP) is 2.88. The highest BCUT2D eigenvalue weighted by molar-refractivity contribution is 7.89. The van der Waals surface area contributed by atoms with Gasteiger partial charge in [0.1, 0.15) is 4.88 Å². The predicted molar refractivity (Wildman–Crippen MR) is 105 cm³/mol. The summed E-state index contributed by atoms with van der Waals surface area (Å²) in [4.78, 5) is 25.4. The highest BCUT2D eigenvalue weighted by Gasteiger charge is 2.22. The third-order valence-electron chi connectivity index (χ3n) is 3.74. The molecule has 0 aliphatic carbocycles. The van der Waals surface area contributed by atoms with Crippen molar-refractivity contribution in [1.29, 1.82) is 0 Å². The summed E-state index contributed by atoms with van der Waals surface area (Å²) in [6, 6.07) is 9.42. The Morgan fingerprint density at radius 1 is 1.15 bits per heavy atom. The lowest BCUT2D eigenvalue weighted by Crippen LogP contribution is -2.30. The van der Waals surface area contributed by atoms with Crippen molar-refractivity contribution in [3.8, 4) is 0 Å². The van der Waals surface area contributed by atoms with Gasteiger partial charge < -0.3 is 10.1 Å². The van der Waals surface area contributed by atoms with Gasteiger partial charge in [0.05, 0.1) is 4.90 Å². The molecular formula is C18H22N2O5S2. The minimum Gasteiger partial charge on any atom is -0.451 e. The second-order valence-corrected chi connectivity index (χ2v) is 8.88. The van der Waals surface area contributed by atoms with Crippen LogP contribution >= 0.6 is 11.3 Å². The lowest BCUT2D eigenvalue weighted by molar-refractivity contribution is -0.119. The van der Waals surface area contributed by atoms with E-state index in [1.165, 1.54) is 27.8 Å². The average Bonchev–Trinajstić information content (AvgIpc) is 3.07. The topological polar surface area (TPSA) is 92.8 Å². The monoisotopic (exact) mass is 410 g/mol. The third-order valence-corrected chi connectivity index (χ3v) is 6.76. The number of thiophene rings is 1. The van der Waals surface area contributed by atoms with Crippen molar-refractivity contribution in [2.24, 2.45) is 0 Å². The Kier molecular flexibility index (Phi) is 7.11. The smallest absolute Gasteiger partial charge is 0.348 e. The summed E-state index contributed by atoms with van der Waals surface area (Å²) < 4.78 is 31.4. The minimum absolute atomic E-state index is 0.0926. The van der Waals surface area contributed by atoms with Crippen LogP contribution in [0.25, 0.3) is 0 Å². The van der Waals surface area contributed by atoms with E-state index in [1.807, 2.05) is 6.92 Å². The molecule has 7 nitrogen and oxygen atoms in total. The molecule has 1 amide bonds. The molecule has 1 aromatic heterocycles. The van der Waals surface area contributed by atoms with Gasteiger partial charge in [0.15, 0.2) is 6.61 Å². The number of nitrogens with zero attached hydrogens (tertiary/aromatic N) is 1. The fraction of sp³-hybridized carbons (Fsp3) is 0.333. The van der Waals surface area contributed by atoms with E-state index in [2.05, 4.69) is 5.32 Å². The first-order chi connectivity index (χ1) is 12.8. The minimum atomic E-state index is -3.62. The molecule has 0 saturated carbocycles. The average molecular weight is 411 g/mol. The van der Waals surface area contributed by atoms with E-state index in [-0.39, 0.29) is 4.90 Å². The van der Waals surface area contributed by atoms with Crippen molar-refractivity contribution in [1.82, 2.24) is 4.31 Å². The quantitative estimate of drug-likeness (QED) is 0.676. The van der Waals surface area contributed by atoms with Crippen LogP contribution in [0.15, 0.2) is 41.3 Å². The van der Waals surface area contributed by atoms with Crippen LogP contribution in [0.5, 0.6) is 0 Å². The first-order valence-corrected chi connectivity index (χ1v) is 10.7. The van der Waals surface area contributed by atoms with E-state index in [4.69, 9.17) is 4.74 Å². The zero-order chi connectivity index (χ0) is 20.0. The van der Waals surface area contributed by atoms with Crippen LogP contribution in [0, 0.1) is 6.92 Å². The van der Waals surface area contributed by atoms with Gasteiger partial charge in [-0.3, -0.25) is 4.79 Å². The van der Waals surface area contributed by atoms with Gasteiger partial charge >= 0.3 is 5.97 Å². The molecule has 2 rings (SSSR count). The second kappa shape index (κ2) is 9.12. The molecule has 0 aliphatic rings. The Hall–Kier alpha value is -2.23. The number of nitrogens with one attached hydrogen (secondary N) is 1. The van der Waals surface area contributed by atoms with E-state index in [0.29, 0.717) is 23.7 Å². The Balaban J connectivity index is 2.01. The third kappa shape index (κ3) is 5.38. The van der Waals surface area contributed by atoms with Crippen LogP contribution in [0.4, 0.5) is 5.69 Å². The van der Waals surface area contributed by atoms with E-state index in [9.17, 15) is 18.0 Å². The van der Waals surface area contributed by atoms with Gasteiger partial charge in [-0.25, -0.2) is 13.2 Å². The lowest BCUT2D eigenvalue weighted by atomic mass is 10.3. The fourth-order valence-corrected chi connectivity index (χ4v) is 4.66. The maximum atomic E-state index is 12.6. The van der Waals surface area contributed by atoms with Crippen molar-refractivity contribution in [3.63, 3.8) is 0 Å². The molecule has 0 aliphatic heterocycles. The van der Waals surface area contributed by atoms with E-state index in [1.54, 1.807) is 38.1 Å². The van der Waals surface area contributed by atoms with E-state index >= 15 is 0 Å². The molecule has 1 heterocycles. The molecule has 1 aromatic carbocycles. The summed E-state index contributed by atoms with van der Waals surface area (Å²) in [6.07, 6.45) is 0. The first-order valence-electron chi connectivity index (χ1n) is 8.41. The van der Waals surface area contributed by atoms with Gasteiger partial charge in [-0.1, -0.05) is 19.9 Å². The number of aryl methyl sites for hydroxylation is 1. The standard InChI is InChI=1S/C18H22N2O5S2/c1-4-20(5-2)27(23,24)15-8-6-7-14(11-15)19-17(21)12-25-18(22)16-10-9-13(3)26-16/h6-11H,4-5,12H2,1-3H3,(H,19,21). The van der Waals surface area contributed by atoms with Crippen molar-refractivity contribution < 1.29 is 22.7 Å². The van der Waals surface area contributed by atoms with Gasteiger partial charge in [-0.05, 0) is 37.3 Å². The molecule has 0 spiro atoms. The largest absolute Gasteiger partial charge is 0.451 e. The van der Waals surface area contributed by atoms with Gasteiger partial charge in [-0.15, -0.1) is 11.3 Å². The highest BCUT2D eigenvalue weighted by Crippen LogP contribution is 2.20. The van der Waals surface area contributed by atoms with Crippen LogP contribution < -0.4 is 5.32 Å². The maximum absolute atomic E-state index is 12.6. The number of carbonyl (C=O) groups is 2. The highest BCUT2D eigenvalue weighted by atomic mass is 32.2. The number of rotatable bonds is 8. The van der Waals surface area contributed by atoms with Crippen molar-refractivity contribution in [2.75, 3.05) is 25.0 Å². The first kappa shape index (κ1) is 21.1. The fourth-order valence-electron chi connectivity index (χ4n) is 2.39. The van der Waals surface area contributed by atoms with E-state index in [0.717, 1.165) is 4.88 Å². The van der Waals surface area contributed by atoms with Gasteiger partial charge in [0, 0.05) is 23.7 Å². The van der Waals surface area contributed by atoms with Crippen LogP contribution in [-0.4, -0.2) is 44.3 Å². The Morgan fingerprint density at radius 2 is 1.85 bits per heavy atom. The van der Waals surface area contributed by atoms with Gasteiger partial charge in [0.2, 0.25) is 10.0 Å². The van der Waals surface area contributed by atoms with Gasteiger partial charge in [-0.2, -0.15) is 4.31 Å². The molecule has 0 fully saturated rings. The summed E-state index contributed by atoms with van der Waals surface area (Å²) in [5, 5.41) is 2.55. The SMILES string of the molecule is CCN(CC)S(=O)(=O)c1cccc(NC(=O)COC(=O)c2ccc(C)s2)c1. The molecular weight excluding hydrogens is 388 g/mol. The van der Waals surface area contributed by atoms with Crippen molar-refractivity contribution >= 4 is 38.9 Å². The molecule has 0 atom stereocenters.